The van der Waals surface area contributed by atoms with E-state index in [1.165, 1.54) is 25.1 Å². The van der Waals surface area contributed by atoms with Crippen molar-refractivity contribution >= 4 is 5.97 Å². The van der Waals surface area contributed by atoms with E-state index in [4.69, 9.17) is 0 Å². The number of hydrogen-bond donors (Lipinski definition) is 1. The van der Waals surface area contributed by atoms with Crippen molar-refractivity contribution in [1.82, 2.24) is 0 Å². The van der Waals surface area contributed by atoms with E-state index in [0.717, 1.165) is 12.5 Å². The molecule has 0 bridgehead atoms. The SMILES string of the molecule is CC(C(=O)O)(c1ccccc1C(F)(F)F)C1CCC1. The Balaban J connectivity index is 2.57. The summed E-state index contributed by atoms with van der Waals surface area (Å²) in [7, 11) is 0. The maximum Gasteiger partial charge on any atom is 0.416 e. The third-order valence-electron chi connectivity index (χ3n) is 4.16. The molecule has 1 aliphatic carbocycles. The fraction of sp³-hybridized carbons (Fsp3) is 0.500. The van der Waals surface area contributed by atoms with Gasteiger partial charge in [-0.2, -0.15) is 13.2 Å². The first-order chi connectivity index (χ1) is 8.78. The van der Waals surface area contributed by atoms with Gasteiger partial charge in [0.15, 0.2) is 0 Å². The average Bonchev–Trinajstić information content (AvgIpc) is 2.25. The molecule has 1 aromatic carbocycles. The van der Waals surface area contributed by atoms with E-state index in [0.29, 0.717) is 12.8 Å². The van der Waals surface area contributed by atoms with Crippen LogP contribution in [0.15, 0.2) is 24.3 Å². The summed E-state index contributed by atoms with van der Waals surface area (Å²) >= 11 is 0. The highest BCUT2D eigenvalue weighted by molar-refractivity contribution is 5.82. The summed E-state index contributed by atoms with van der Waals surface area (Å²) in [4.78, 5) is 11.6. The van der Waals surface area contributed by atoms with Gasteiger partial charge in [0.1, 0.15) is 0 Å². The van der Waals surface area contributed by atoms with Crippen molar-refractivity contribution in [2.45, 2.75) is 37.8 Å². The van der Waals surface area contributed by atoms with E-state index in [1.54, 1.807) is 0 Å². The van der Waals surface area contributed by atoms with Crippen LogP contribution in [-0.4, -0.2) is 11.1 Å². The molecule has 5 heteroatoms. The summed E-state index contributed by atoms with van der Waals surface area (Å²) in [5, 5.41) is 9.44. The van der Waals surface area contributed by atoms with Crippen LogP contribution in [-0.2, 0) is 16.4 Å². The molecule has 1 fully saturated rings. The lowest BCUT2D eigenvalue weighted by Gasteiger charge is -2.41. The van der Waals surface area contributed by atoms with E-state index in [2.05, 4.69) is 0 Å². The second-order valence-corrected chi connectivity index (χ2v) is 5.18. The molecule has 2 rings (SSSR count). The molecule has 0 amide bonds. The number of benzene rings is 1. The number of rotatable bonds is 3. The van der Waals surface area contributed by atoms with Crippen LogP contribution in [0.4, 0.5) is 13.2 Å². The predicted molar refractivity (Wildman–Crippen MR) is 63.8 cm³/mol. The van der Waals surface area contributed by atoms with E-state index < -0.39 is 23.1 Å². The van der Waals surface area contributed by atoms with E-state index in [9.17, 15) is 23.1 Å². The van der Waals surface area contributed by atoms with Crippen LogP contribution in [0.3, 0.4) is 0 Å². The Labute approximate surface area is 109 Å². The zero-order valence-electron chi connectivity index (χ0n) is 10.5. The number of halogens is 3. The molecule has 2 nitrogen and oxygen atoms in total. The Kier molecular flexibility index (Phi) is 3.32. The second-order valence-electron chi connectivity index (χ2n) is 5.18. The zero-order chi connectivity index (χ0) is 14.3. The maximum absolute atomic E-state index is 13.0. The molecule has 0 heterocycles. The van der Waals surface area contributed by atoms with Crippen molar-refractivity contribution in [2.24, 2.45) is 5.92 Å². The molecule has 1 aromatic rings. The lowest BCUT2D eigenvalue weighted by atomic mass is 9.62. The van der Waals surface area contributed by atoms with Gasteiger partial charge in [0.2, 0.25) is 0 Å². The van der Waals surface area contributed by atoms with Crippen LogP contribution in [0, 0.1) is 5.92 Å². The lowest BCUT2D eigenvalue weighted by Crippen LogP contribution is -2.44. The maximum atomic E-state index is 13.0. The van der Waals surface area contributed by atoms with Crippen molar-refractivity contribution in [3.05, 3.63) is 35.4 Å². The minimum Gasteiger partial charge on any atom is -0.481 e. The highest BCUT2D eigenvalue weighted by Gasteiger charge is 2.49. The molecule has 0 aromatic heterocycles. The topological polar surface area (TPSA) is 37.3 Å². The van der Waals surface area contributed by atoms with Gasteiger partial charge in [-0.3, -0.25) is 4.79 Å². The normalized spacial score (nSPS) is 19.6. The molecule has 0 spiro atoms. The van der Waals surface area contributed by atoms with Gasteiger partial charge < -0.3 is 5.11 Å². The smallest absolute Gasteiger partial charge is 0.416 e. The third kappa shape index (κ3) is 2.22. The van der Waals surface area contributed by atoms with E-state index in [-0.39, 0.29) is 11.5 Å². The standard InChI is InChI=1S/C14H15F3O2/c1-13(12(18)19,9-5-4-6-9)10-7-2-3-8-11(10)14(15,16)17/h2-3,7-9H,4-6H2,1H3,(H,18,19). The Hall–Kier alpha value is -1.52. The number of hydrogen-bond acceptors (Lipinski definition) is 1. The minimum atomic E-state index is -4.53. The molecule has 1 saturated carbocycles. The first-order valence-electron chi connectivity index (χ1n) is 6.18. The molecule has 0 aliphatic heterocycles. The fourth-order valence-electron chi connectivity index (χ4n) is 2.68. The van der Waals surface area contributed by atoms with Crippen molar-refractivity contribution in [1.29, 1.82) is 0 Å². The van der Waals surface area contributed by atoms with Gasteiger partial charge in [-0.1, -0.05) is 24.6 Å². The Morgan fingerprint density at radius 3 is 2.11 bits per heavy atom. The molecule has 1 aliphatic rings. The molecule has 1 N–H and O–H groups in total. The van der Waals surface area contributed by atoms with Crippen LogP contribution >= 0.6 is 0 Å². The molecule has 0 radical (unpaired) electrons. The summed E-state index contributed by atoms with van der Waals surface area (Å²) in [6.45, 7) is 1.41. The zero-order valence-corrected chi connectivity index (χ0v) is 10.5. The molecule has 1 unspecified atom stereocenters. The monoisotopic (exact) mass is 272 g/mol. The van der Waals surface area contributed by atoms with Gasteiger partial charge in [-0.05, 0) is 37.3 Å². The molecular weight excluding hydrogens is 257 g/mol. The van der Waals surface area contributed by atoms with Crippen LogP contribution in [0.1, 0.15) is 37.3 Å². The summed E-state index contributed by atoms with van der Waals surface area (Å²) < 4.78 is 39.1. The summed E-state index contributed by atoms with van der Waals surface area (Å²) in [6.07, 6.45) is -2.33. The molecule has 104 valence electrons. The van der Waals surface area contributed by atoms with Gasteiger partial charge in [-0.15, -0.1) is 0 Å². The van der Waals surface area contributed by atoms with Gasteiger partial charge >= 0.3 is 12.1 Å². The predicted octanol–water partition coefficient (Wildman–Crippen LogP) is 3.85. The molecule has 1 atom stereocenters. The third-order valence-corrected chi connectivity index (χ3v) is 4.16. The Morgan fingerprint density at radius 2 is 1.74 bits per heavy atom. The van der Waals surface area contributed by atoms with Crippen molar-refractivity contribution < 1.29 is 23.1 Å². The minimum absolute atomic E-state index is 0.125. The van der Waals surface area contributed by atoms with Crippen LogP contribution in [0.2, 0.25) is 0 Å². The number of carbonyl (C=O) groups is 1. The molecular formula is C14H15F3O2. The highest BCUT2D eigenvalue weighted by Crippen LogP contribution is 2.47. The largest absolute Gasteiger partial charge is 0.481 e. The number of carboxylic acids is 1. The van der Waals surface area contributed by atoms with E-state index in [1.807, 2.05) is 0 Å². The van der Waals surface area contributed by atoms with Crippen molar-refractivity contribution in [3.63, 3.8) is 0 Å². The Morgan fingerprint density at radius 1 is 1.21 bits per heavy atom. The average molecular weight is 272 g/mol. The number of alkyl halides is 3. The molecule has 19 heavy (non-hydrogen) atoms. The van der Waals surface area contributed by atoms with Crippen molar-refractivity contribution in [3.8, 4) is 0 Å². The van der Waals surface area contributed by atoms with Gasteiger partial charge in [0.25, 0.3) is 0 Å². The second kappa shape index (κ2) is 4.54. The quantitative estimate of drug-likeness (QED) is 0.907. The first-order valence-corrected chi connectivity index (χ1v) is 6.18. The van der Waals surface area contributed by atoms with Crippen LogP contribution < -0.4 is 0 Å². The first kappa shape index (κ1) is 13.9. The van der Waals surface area contributed by atoms with Gasteiger partial charge in [0, 0.05) is 0 Å². The number of aliphatic carboxylic acids is 1. The van der Waals surface area contributed by atoms with Gasteiger partial charge in [0.05, 0.1) is 11.0 Å². The summed E-state index contributed by atoms with van der Waals surface area (Å²) in [5.41, 5.74) is -2.43. The summed E-state index contributed by atoms with van der Waals surface area (Å²) in [5.74, 6) is -1.41. The fourth-order valence-corrected chi connectivity index (χ4v) is 2.68. The number of carboxylic acid groups (broad SMARTS) is 1. The van der Waals surface area contributed by atoms with Crippen LogP contribution in [0.25, 0.3) is 0 Å². The van der Waals surface area contributed by atoms with Crippen LogP contribution in [0.5, 0.6) is 0 Å². The molecule has 0 saturated heterocycles. The van der Waals surface area contributed by atoms with E-state index >= 15 is 0 Å². The highest BCUT2D eigenvalue weighted by atomic mass is 19.4. The van der Waals surface area contributed by atoms with Gasteiger partial charge in [-0.25, -0.2) is 0 Å². The Bertz CT molecular complexity index is 492. The summed E-state index contributed by atoms with van der Waals surface area (Å²) in [6, 6.07) is 4.99. The lowest BCUT2D eigenvalue weighted by molar-refractivity contribution is -0.149. The van der Waals surface area contributed by atoms with Crippen molar-refractivity contribution in [2.75, 3.05) is 0 Å².